The van der Waals surface area contributed by atoms with Crippen LogP contribution >= 0.6 is 0 Å². The van der Waals surface area contributed by atoms with Gasteiger partial charge in [-0.05, 0) is 42.3 Å². The Morgan fingerprint density at radius 3 is 2.48 bits per heavy atom. The van der Waals surface area contributed by atoms with Crippen molar-refractivity contribution < 1.29 is 4.42 Å². The summed E-state index contributed by atoms with van der Waals surface area (Å²) in [4.78, 5) is 10.0. The molecule has 0 fully saturated rings. The first-order chi connectivity index (χ1) is 20.5. The molecule has 0 radical (unpaired) electrons. The number of aromatic nitrogens is 3. The summed E-state index contributed by atoms with van der Waals surface area (Å²) in [6.07, 6.45) is 7.80. The van der Waals surface area contributed by atoms with Gasteiger partial charge in [-0.2, -0.15) is 0 Å². The lowest BCUT2D eigenvalue weighted by Gasteiger charge is -2.34. The van der Waals surface area contributed by atoms with Crippen molar-refractivity contribution in [3.05, 3.63) is 133 Å². The first-order valence-corrected chi connectivity index (χ1v) is 14.3. The molecule has 0 amide bonds. The minimum atomic E-state index is -0.240. The van der Waals surface area contributed by atoms with Gasteiger partial charge >= 0.3 is 0 Å². The molecular weight excluding hydrogens is 514 g/mol. The van der Waals surface area contributed by atoms with Crippen LogP contribution < -0.4 is 0 Å². The van der Waals surface area contributed by atoms with Crippen molar-refractivity contribution >= 4 is 49.4 Å². The minimum Gasteiger partial charge on any atom is -0.439 e. The third-order valence-corrected chi connectivity index (χ3v) is 8.72. The van der Waals surface area contributed by atoms with Crippen LogP contribution in [0.1, 0.15) is 37.7 Å². The van der Waals surface area contributed by atoms with E-state index in [9.17, 15) is 0 Å². The summed E-state index contributed by atoms with van der Waals surface area (Å²) in [6.45, 7) is 10.7. The van der Waals surface area contributed by atoms with Gasteiger partial charge in [0.05, 0.1) is 27.8 Å². The number of rotatable bonds is 4. The van der Waals surface area contributed by atoms with Gasteiger partial charge in [0.2, 0.25) is 5.71 Å². The van der Waals surface area contributed by atoms with Gasteiger partial charge in [-0.3, -0.25) is 4.57 Å². The van der Waals surface area contributed by atoms with Gasteiger partial charge < -0.3 is 4.42 Å². The molecule has 0 spiro atoms. The summed E-state index contributed by atoms with van der Waals surface area (Å²) in [6, 6.07) is 29.9. The largest absolute Gasteiger partial charge is 0.439 e. The highest BCUT2D eigenvalue weighted by Crippen LogP contribution is 2.50. The molecule has 0 aliphatic carbocycles. The smallest absolute Gasteiger partial charge is 0.213 e. The molecule has 4 heteroatoms. The lowest BCUT2D eigenvalue weighted by atomic mass is 9.74. The highest BCUT2D eigenvalue weighted by atomic mass is 16.3. The number of benzene rings is 4. The van der Waals surface area contributed by atoms with Crippen LogP contribution in [0.4, 0.5) is 0 Å². The Hall–Kier alpha value is -5.22. The van der Waals surface area contributed by atoms with Crippen molar-refractivity contribution in [1.29, 1.82) is 0 Å². The molecule has 7 aromatic rings. The van der Waals surface area contributed by atoms with Crippen molar-refractivity contribution in [2.45, 2.75) is 26.2 Å². The number of fused-ring (bicyclic) bond motifs is 8. The SMILES string of the molecule is C=C/C(=C\C=C/C)c1nc(-c2ccc3c(c2)C(C)(C)c2cccc4c5c6ccccc6oc5n-3c24)c2ccccc2n1. The number of para-hydroxylation sites is 3. The molecule has 42 heavy (non-hydrogen) atoms. The average Bonchev–Trinajstić information content (AvgIpc) is 3.55. The zero-order valence-corrected chi connectivity index (χ0v) is 23.8. The molecule has 4 nitrogen and oxygen atoms in total. The molecule has 4 aromatic carbocycles. The second-order valence-electron chi connectivity index (χ2n) is 11.4. The van der Waals surface area contributed by atoms with Crippen molar-refractivity contribution in [3.8, 4) is 16.9 Å². The second kappa shape index (κ2) is 8.89. The van der Waals surface area contributed by atoms with Crippen LogP contribution in [0.5, 0.6) is 0 Å². The van der Waals surface area contributed by atoms with Gasteiger partial charge in [-0.1, -0.05) is 105 Å². The maximum absolute atomic E-state index is 6.55. The number of allylic oxidation sites excluding steroid dienone is 5. The molecule has 1 aliphatic heterocycles. The van der Waals surface area contributed by atoms with Gasteiger partial charge in [0.1, 0.15) is 5.58 Å². The van der Waals surface area contributed by atoms with Crippen molar-refractivity contribution in [3.63, 3.8) is 0 Å². The van der Waals surface area contributed by atoms with Gasteiger partial charge in [-0.25, -0.2) is 9.97 Å². The molecule has 3 aromatic heterocycles. The molecule has 0 saturated carbocycles. The van der Waals surface area contributed by atoms with Gasteiger partial charge in [-0.15, -0.1) is 0 Å². The molecule has 1 aliphatic rings. The summed E-state index contributed by atoms with van der Waals surface area (Å²) in [5.41, 5.74) is 10.2. The van der Waals surface area contributed by atoms with E-state index < -0.39 is 0 Å². The first-order valence-electron chi connectivity index (χ1n) is 14.3. The number of hydrogen-bond donors (Lipinski definition) is 0. The molecule has 0 saturated heterocycles. The fraction of sp³-hybridized carbons (Fsp3) is 0.105. The Kier molecular flexibility index (Phi) is 5.20. The van der Waals surface area contributed by atoms with E-state index in [0.29, 0.717) is 5.82 Å². The van der Waals surface area contributed by atoms with Crippen LogP contribution in [-0.2, 0) is 5.41 Å². The fourth-order valence-corrected chi connectivity index (χ4v) is 6.66. The molecule has 8 rings (SSSR count). The van der Waals surface area contributed by atoms with Gasteiger partial charge in [0.25, 0.3) is 0 Å². The standard InChI is InChI=1S/C38H29N3O/c1-5-7-13-23(6-2)36-39-30-18-10-8-14-25(30)34(40-36)24-20-21-31-29(22-24)38(3,4)28-17-12-16-27-33-26-15-9-11-19-32(26)42-37(33)41(31)35(27)28/h5-22H,2H2,1,3-4H3/b7-5-,23-13+. The van der Waals surface area contributed by atoms with Gasteiger partial charge in [0, 0.05) is 32.7 Å². The van der Waals surface area contributed by atoms with Crippen LogP contribution in [-0.4, -0.2) is 14.5 Å². The maximum Gasteiger partial charge on any atom is 0.213 e. The van der Waals surface area contributed by atoms with E-state index in [1.165, 1.54) is 27.4 Å². The normalized spacial score (nSPS) is 14.4. The molecular formula is C38H29N3O. The fourth-order valence-electron chi connectivity index (χ4n) is 6.66. The average molecular weight is 544 g/mol. The van der Waals surface area contributed by atoms with E-state index in [-0.39, 0.29) is 5.41 Å². The third-order valence-electron chi connectivity index (χ3n) is 8.72. The number of nitrogens with zero attached hydrogens (tertiary/aromatic N) is 3. The van der Waals surface area contributed by atoms with E-state index in [1.807, 2.05) is 55.5 Å². The molecule has 0 unspecified atom stereocenters. The Balaban J connectivity index is 1.42. The van der Waals surface area contributed by atoms with E-state index in [2.05, 4.69) is 85.7 Å². The molecule has 0 atom stereocenters. The highest BCUT2D eigenvalue weighted by Gasteiger charge is 2.36. The number of hydrogen-bond acceptors (Lipinski definition) is 3. The number of furan rings is 1. The first kappa shape index (κ1) is 24.6. The van der Waals surface area contributed by atoms with Crippen LogP contribution in [0.15, 0.2) is 120 Å². The van der Waals surface area contributed by atoms with Crippen LogP contribution in [0.25, 0.3) is 66.4 Å². The molecule has 202 valence electrons. The summed E-state index contributed by atoms with van der Waals surface area (Å²) >= 11 is 0. The quantitative estimate of drug-likeness (QED) is 0.208. The van der Waals surface area contributed by atoms with E-state index in [1.54, 1.807) is 0 Å². The summed E-state index contributed by atoms with van der Waals surface area (Å²) in [5, 5.41) is 4.57. The molecule has 0 bridgehead atoms. The van der Waals surface area contributed by atoms with Crippen molar-refractivity contribution in [2.24, 2.45) is 0 Å². The summed E-state index contributed by atoms with van der Waals surface area (Å²) in [5.74, 6) is 0.662. The molecule has 0 N–H and O–H groups in total. The Morgan fingerprint density at radius 2 is 1.64 bits per heavy atom. The van der Waals surface area contributed by atoms with Crippen LogP contribution in [0, 0.1) is 0 Å². The Bertz CT molecular complexity index is 2310. The predicted molar refractivity (Wildman–Crippen MR) is 174 cm³/mol. The van der Waals surface area contributed by atoms with Crippen LogP contribution in [0.2, 0.25) is 0 Å². The lowest BCUT2D eigenvalue weighted by Crippen LogP contribution is -2.26. The zero-order valence-electron chi connectivity index (χ0n) is 23.8. The van der Waals surface area contributed by atoms with Gasteiger partial charge in [0.15, 0.2) is 5.82 Å². The predicted octanol–water partition coefficient (Wildman–Crippen LogP) is 9.92. The van der Waals surface area contributed by atoms with E-state index in [4.69, 9.17) is 14.4 Å². The Morgan fingerprint density at radius 1 is 0.857 bits per heavy atom. The topological polar surface area (TPSA) is 43.9 Å². The second-order valence-corrected chi connectivity index (χ2v) is 11.4. The van der Waals surface area contributed by atoms with E-state index >= 15 is 0 Å². The Labute approximate surface area is 243 Å². The van der Waals surface area contributed by atoms with E-state index in [0.717, 1.165) is 50.1 Å². The minimum absolute atomic E-state index is 0.240. The van der Waals surface area contributed by atoms with Crippen molar-refractivity contribution in [2.75, 3.05) is 0 Å². The highest BCUT2D eigenvalue weighted by molar-refractivity contribution is 6.21. The monoisotopic (exact) mass is 543 g/mol. The third kappa shape index (κ3) is 3.29. The summed E-state index contributed by atoms with van der Waals surface area (Å²) < 4.78 is 8.88. The van der Waals surface area contributed by atoms with Crippen LogP contribution in [0.3, 0.4) is 0 Å². The lowest BCUT2D eigenvalue weighted by molar-refractivity contribution is 0.612. The maximum atomic E-state index is 6.55. The molecule has 4 heterocycles. The van der Waals surface area contributed by atoms with Crippen molar-refractivity contribution in [1.82, 2.24) is 14.5 Å². The zero-order chi connectivity index (χ0) is 28.6. The summed E-state index contributed by atoms with van der Waals surface area (Å²) in [7, 11) is 0.